The molecule has 2 N–H and O–H groups in total. The van der Waals surface area contributed by atoms with Crippen LogP contribution in [0, 0.1) is 0 Å². The molecule has 2 heterocycles. The normalized spacial score (nSPS) is 12.8. The molecule has 0 fully saturated rings. The molecular formula is C13H15N3O3S. The van der Waals surface area contributed by atoms with Crippen LogP contribution >= 0.6 is 11.8 Å². The number of thioether (sulfide) groups is 1. The van der Waals surface area contributed by atoms with E-state index in [1.54, 1.807) is 0 Å². The van der Waals surface area contributed by atoms with Crippen molar-refractivity contribution in [1.29, 1.82) is 0 Å². The van der Waals surface area contributed by atoms with Crippen molar-refractivity contribution in [3.8, 4) is 11.5 Å². The summed E-state index contributed by atoms with van der Waals surface area (Å²) in [6, 6.07) is 5.89. The SMILES string of the molecule is NCCCc1nnc(SCc2ccc3c(c2)OCO3)o1. The van der Waals surface area contributed by atoms with Gasteiger partial charge in [-0.1, -0.05) is 17.8 Å². The highest BCUT2D eigenvalue weighted by Crippen LogP contribution is 2.34. The minimum atomic E-state index is 0.292. The number of ether oxygens (including phenoxy) is 2. The largest absolute Gasteiger partial charge is 0.454 e. The first kappa shape index (κ1) is 13.3. The number of nitrogens with two attached hydrogens (primary N) is 1. The van der Waals surface area contributed by atoms with Crippen molar-refractivity contribution in [3.05, 3.63) is 29.7 Å². The first-order valence-electron chi connectivity index (χ1n) is 6.39. The predicted octanol–water partition coefficient (Wildman–Crippen LogP) is 1.98. The molecule has 3 rings (SSSR count). The predicted molar refractivity (Wildman–Crippen MR) is 73.8 cm³/mol. The van der Waals surface area contributed by atoms with Crippen LogP contribution in [-0.4, -0.2) is 23.5 Å². The molecule has 0 saturated heterocycles. The number of rotatable bonds is 6. The second kappa shape index (κ2) is 6.15. The van der Waals surface area contributed by atoms with Gasteiger partial charge in [0.25, 0.3) is 5.22 Å². The van der Waals surface area contributed by atoms with Crippen LogP contribution in [-0.2, 0) is 12.2 Å². The van der Waals surface area contributed by atoms with Gasteiger partial charge in [0.15, 0.2) is 11.5 Å². The van der Waals surface area contributed by atoms with Gasteiger partial charge in [0.05, 0.1) is 0 Å². The average Bonchev–Trinajstić information content (AvgIpc) is 3.11. The molecule has 6 nitrogen and oxygen atoms in total. The van der Waals surface area contributed by atoms with Gasteiger partial charge in [0.2, 0.25) is 12.7 Å². The fourth-order valence-electron chi connectivity index (χ4n) is 1.83. The molecule has 0 bridgehead atoms. The van der Waals surface area contributed by atoms with Crippen molar-refractivity contribution in [2.75, 3.05) is 13.3 Å². The van der Waals surface area contributed by atoms with Crippen LogP contribution < -0.4 is 15.2 Å². The summed E-state index contributed by atoms with van der Waals surface area (Å²) in [5.41, 5.74) is 6.57. The van der Waals surface area contributed by atoms with E-state index in [2.05, 4.69) is 10.2 Å². The monoisotopic (exact) mass is 293 g/mol. The Kier molecular flexibility index (Phi) is 4.08. The van der Waals surface area contributed by atoms with Gasteiger partial charge in [-0.2, -0.15) is 0 Å². The maximum Gasteiger partial charge on any atom is 0.276 e. The third-order valence-corrected chi connectivity index (χ3v) is 3.73. The maximum absolute atomic E-state index is 5.53. The number of fused-ring (bicyclic) bond motifs is 1. The van der Waals surface area contributed by atoms with Gasteiger partial charge in [-0.05, 0) is 30.7 Å². The minimum absolute atomic E-state index is 0.292. The second-order valence-electron chi connectivity index (χ2n) is 4.33. The molecule has 0 saturated carbocycles. The Balaban J connectivity index is 1.57. The molecule has 0 spiro atoms. The zero-order valence-electron chi connectivity index (χ0n) is 10.9. The first-order chi connectivity index (χ1) is 9.85. The summed E-state index contributed by atoms with van der Waals surface area (Å²) in [5.74, 6) is 2.97. The summed E-state index contributed by atoms with van der Waals surface area (Å²) in [5, 5.41) is 8.57. The van der Waals surface area contributed by atoms with Crippen molar-refractivity contribution in [2.45, 2.75) is 23.8 Å². The highest BCUT2D eigenvalue weighted by atomic mass is 32.2. The zero-order valence-corrected chi connectivity index (χ0v) is 11.7. The second-order valence-corrected chi connectivity index (χ2v) is 5.26. The van der Waals surface area contributed by atoms with Crippen LogP contribution in [0.1, 0.15) is 17.9 Å². The Morgan fingerprint density at radius 1 is 1.20 bits per heavy atom. The van der Waals surface area contributed by atoms with Gasteiger partial charge in [-0.15, -0.1) is 10.2 Å². The lowest BCUT2D eigenvalue weighted by molar-refractivity contribution is 0.174. The van der Waals surface area contributed by atoms with Crippen LogP contribution in [0.2, 0.25) is 0 Å². The van der Waals surface area contributed by atoms with E-state index in [0.29, 0.717) is 24.5 Å². The number of hydrogen-bond acceptors (Lipinski definition) is 7. The van der Waals surface area contributed by atoms with Crippen molar-refractivity contribution in [2.24, 2.45) is 5.73 Å². The van der Waals surface area contributed by atoms with Gasteiger partial charge < -0.3 is 19.6 Å². The molecule has 0 atom stereocenters. The Hall–Kier alpha value is -1.73. The number of aromatic nitrogens is 2. The highest BCUT2D eigenvalue weighted by Gasteiger charge is 2.14. The lowest BCUT2D eigenvalue weighted by Gasteiger charge is -2.00. The molecule has 2 aromatic rings. The van der Waals surface area contributed by atoms with E-state index < -0.39 is 0 Å². The summed E-state index contributed by atoms with van der Waals surface area (Å²) in [6.07, 6.45) is 1.59. The summed E-state index contributed by atoms with van der Waals surface area (Å²) in [4.78, 5) is 0. The summed E-state index contributed by atoms with van der Waals surface area (Å²) in [6.45, 7) is 0.919. The van der Waals surface area contributed by atoms with Gasteiger partial charge in [-0.25, -0.2) is 0 Å². The highest BCUT2D eigenvalue weighted by molar-refractivity contribution is 7.98. The van der Waals surface area contributed by atoms with E-state index in [0.717, 1.165) is 35.7 Å². The summed E-state index contributed by atoms with van der Waals surface area (Å²) < 4.78 is 16.2. The minimum Gasteiger partial charge on any atom is -0.454 e. The molecule has 0 radical (unpaired) electrons. The summed E-state index contributed by atoms with van der Waals surface area (Å²) in [7, 11) is 0. The Morgan fingerprint density at radius 3 is 3.00 bits per heavy atom. The van der Waals surface area contributed by atoms with Crippen LogP contribution in [0.5, 0.6) is 11.5 Å². The maximum atomic E-state index is 5.53. The number of hydrogen-bond donors (Lipinski definition) is 1. The number of aryl methyl sites for hydroxylation is 1. The molecule has 1 aliphatic rings. The van der Waals surface area contributed by atoms with Gasteiger partial charge >= 0.3 is 0 Å². The van der Waals surface area contributed by atoms with E-state index >= 15 is 0 Å². The molecule has 0 aliphatic carbocycles. The topological polar surface area (TPSA) is 83.4 Å². The van der Waals surface area contributed by atoms with Crippen LogP contribution in [0.15, 0.2) is 27.8 Å². The van der Waals surface area contributed by atoms with Crippen LogP contribution in [0.3, 0.4) is 0 Å². The Morgan fingerprint density at radius 2 is 2.10 bits per heavy atom. The van der Waals surface area contributed by atoms with Crippen LogP contribution in [0.4, 0.5) is 0 Å². The van der Waals surface area contributed by atoms with Gasteiger partial charge in [-0.3, -0.25) is 0 Å². The molecule has 1 aliphatic heterocycles. The van der Waals surface area contributed by atoms with Gasteiger partial charge in [0.1, 0.15) is 0 Å². The molecule has 1 aromatic carbocycles. The zero-order chi connectivity index (χ0) is 13.8. The fourth-order valence-corrected chi connectivity index (χ4v) is 2.55. The fraction of sp³-hybridized carbons (Fsp3) is 0.385. The molecule has 0 unspecified atom stereocenters. The van der Waals surface area contributed by atoms with Crippen molar-refractivity contribution >= 4 is 11.8 Å². The number of nitrogens with zero attached hydrogens (tertiary/aromatic N) is 2. The average molecular weight is 293 g/mol. The van der Waals surface area contributed by atoms with E-state index in [-0.39, 0.29) is 0 Å². The quantitative estimate of drug-likeness (QED) is 0.815. The number of benzene rings is 1. The van der Waals surface area contributed by atoms with E-state index in [9.17, 15) is 0 Å². The smallest absolute Gasteiger partial charge is 0.276 e. The van der Waals surface area contributed by atoms with E-state index in [1.165, 1.54) is 11.8 Å². The molecule has 7 heteroatoms. The lowest BCUT2D eigenvalue weighted by atomic mass is 10.2. The molecule has 106 valence electrons. The third-order valence-electron chi connectivity index (χ3n) is 2.84. The van der Waals surface area contributed by atoms with Crippen molar-refractivity contribution in [1.82, 2.24) is 10.2 Å². The molecular weight excluding hydrogens is 278 g/mol. The summed E-state index contributed by atoms with van der Waals surface area (Å²) >= 11 is 1.51. The Labute approximate surface area is 120 Å². The van der Waals surface area contributed by atoms with E-state index in [1.807, 2.05) is 18.2 Å². The van der Waals surface area contributed by atoms with Crippen LogP contribution in [0.25, 0.3) is 0 Å². The van der Waals surface area contributed by atoms with Crippen molar-refractivity contribution in [3.63, 3.8) is 0 Å². The first-order valence-corrected chi connectivity index (χ1v) is 7.37. The van der Waals surface area contributed by atoms with E-state index in [4.69, 9.17) is 19.6 Å². The Bertz CT molecular complexity index is 588. The van der Waals surface area contributed by atoms with Crippen molar-refractivity contribution < 1.29 is 13.9 Å². The van der Waals surface area contributed by atoms with Gasteiger partial charge in [0, 0.05) is 12.2 Å². The molecule has 20 heavy (non-hydrogen) atoms. The molecule has 1 aromatic heterocycles. The molecule has 0 amide bonds. The lowest BCUT2D eigenvalue weighted by Crippen LogP contribution is -2.00. The third kappa shape index (κ3) is 3.05. The standard InChI is InChI=1S/C13H15N3O3S/c14-5-1-2-12-15-16-13(19-12)20-7-9-3-4-10-11(6-9)18-8-17-10/h3-4,6H,1-2,5,7-8,14H2.